The van der Waals surface area contributed by atoms with Gasteiger partial charge in [-0.25, -0.2) is 4.98 Å². The Morgan fingerprint density at radius 1 is 1.33 bits per heavy atom. The van der Waals surface area contributed by atoms with Crippen molar-refractivity contribution >= 4 is 23.3 Å². The lowest BCUT2D eigenvalue weighted by Gasteiger charge is -2.09. The molecule has 21 heavy (non-hydrogen) atoms. The van der Waals surface area contributed by atoms with E-state index in [1.165, 1.54) is 17.8 Å². The summed E-state index contributed by atoms with van der Waals surface area (Å²) in [6.45, 7) is 4.73. The number of carbonyl (C=O) groups is 1. The summed E-state index contributed by atoms with van der Waals surface area (Å²) in [6, 6.07) is 9.64. The van der Waals surface area contributed by atoms with Crippen LogP contribution in [0.2, 0.25) is 5.02 Å². The SMILES string of the molecule is CC(C)c1ccc(CNC(=O)c2cc(N)ncc2Cl)cc1. The van der Waals surface area contributed by atoms with Crippen LogP contribution in [0.3, 0.4) is 0 Å². The number of hydrogen-bond donors (Lipinski definition) is 2. The number of aromatic nitrogens is 1. The highest BCUT2D eigenvalue weighted by Gasteiger charge is 2.11. The second kappa shape index (κ2) is 6.59. The molecule has 0 spiro atoms. The van der Waals surface area contributed by atoms with Gasteiger partial charge in [0.15, 0.2) is 0 Å². The monoisotopic (exact) mass is 303 g/mol. The molecule has 1 amide bonds. The molecule has 0 saturated heterocycles. The van der Waals surface area contributed by atoms with Crippen molar-refractivity contribution in [2.45, 2.75) is 26.3 Å². The summed E-state index contributed by atoms with van der Waals surface area (Å²) in [6.07, 6.45) is 1.38. The molecule has 0 aliphatic carbocycles. The maximum Gasteiger partial charge on any atom is 0.253 e. The highest BCUT2D eigenvalue weighted by atomic mass is 35.5. The molecule has 0 radical (unpaired) electrons. The molecule has 0 bridgehead atoms. The molecule has 0 aliphatic rings. The number of rotatable bonds is 4. The van der Waals surface area contributed by atoms with Crippen molar-refractivity contribution in [2.75, 3.05) is 5.73 Å². The minimum atomic E-state index is -0.262. The molecule has 0 fully saturated rings. The molecule has 0 atom stereocenters. The third kappa shape index (κ3) is 3.95. The molecule has 4 nitrogen and oxygen atoms in total. The second-order valence-corrected chi connectivity index (χ2v) is 5.58. The fourth-order valence-corrected chi connectivity index (χ4v) is 2.12. The summed E-state index contributed by atoms with van der Waals surface area (Å²) in [5, 5.41) is 3.11. The average molecular weight is 304 g/mol. The number of amides is 1. The molecule has 3 N–H and O–H groups in total. The Morgan fingerprint density at radius 3 is 2.62 bits per heavy atom. The van der Waals surface area contributed by atoms with Crippen molar-refractivity contribution in [3.63, 3.8) is 0 Å². The molecule has 1 aromatic carbocycles. The molecule has 0 unspecified atom stereocenters. The van der Waals surface area contributed by atoms with Gasteiger partial charge in [0.05, 0.1) is 10.6 Å². The zero-order valence-corrected chi connectivity index (χ0v) is 12.8. The van der Waals surface area contributed by atoms with Crippen molar-refractivity contribution in [3.05, 3.63) is 58.2 Å². The van der Waals surface area contributed by atoms with Gasteiger partial charge >= 0.3 is 0 Å². The molecule has 1 aromatic heterocycles. The lowest BCUT2D eigenvalue weighted by molar-refractivity contribution is 0.0951. The van der Waals surface area contributed by atoms with Gasteiger partial charge in [0.2, 0.25) is 0 Å². The molecule has 2 aromatic rings. The highest BCUT2D eigenvalue weighted by molar-refractivity contribution is 6.33. The highest BCUT2D eigenvalue weighted by Crippen LogP contribution is 2.17. The van der Waals surface area contributed by atoms with Crippen LogP contribution in [0.4, 0.5) is 5.82 Å². The number of nitrogens with one attached hydrogen (secondary N) is 1. The Morgan fingerprint density at radius 2 is 2.00 bits per heavy atom. The fourth-order valence-electron chi connectivity index (χ4n) is 1.93. The Hall–Kier alpha value is -2.07. The molecule has 1 heterocycles. The first-order valence-electron chi connectivity index (χ1n) is 6.75. The number of nitrogen functional groups attached to an aromatic ring is 1. The largest absolute Gasteiger partial charge is 0.384 e. The maximum atomic E-state index is 12.1. The standard InChI is InChI=1S/C16H18ClN3O/c1-10(2)12-5-3-11(4-6-12)8-20-16(21)13-7-15(18)19-9-14(13)17/h3-7,9-10H,8H2,1-2H3,(H2,18,19)(H,20,21). The van der Waals surface area contributed by atoms with Gasteiger partial charge in [-0.2, -0.15) is 0 Å². The van der Waals surface area contributed by atoms with Crippen molar-refractivity contribution in [1.29, 1.82) is 0 Å². The number of carbonyl (C=O) groups excluding carboxylic acids is 1. The Labute approximate surface area is 129 Å². The molecule has 0 aliphatic heterocycles. The van der Waals surface area contributed by atoms with E-state index < -0.39 is 0 Å². The number of nitrogens with two attached hydrogens (primary N) is 1. The van der Waals surface area contributed by atoms with Gasteiger partial charge in [0, 0.05) is 12.7 Å². The van der Waals surface area contributed by atoms with Crippen LogP contribution in [0.1, 0.15) is 41.3 Å². The van der Waals surface area contributed by atoms with Crippen LogP contribution in [-0.2, 0) is 6.54 Å². The van der Waals surface area contributed by atoms with Gasteiger partial charge in [0.25, 0.3) is 5.91 Å². The zero-order valence-electron chi connectivity index (χ0n) is 12.1. The summed E-state index contributed by atoms with van der Waals surface area (Å²) in [4.78, 5) is 15.9. The summed E-state index contributed by atoms with van der Waals surface area (Å²) in [7, 11) is 0. The van der Waals surface area contributed by atoms with E-state index in [0.29, 0.717) is 18.0 Å². The third-order valence-electron chi connectivity index (χ3n) is 3.22. The van der Waals surface area contributed by atoms with Gasteiger partial charge in [-0.3, -0.25) is 4.79 Å². The van der Waals surface area contributed by atoms with Gasteiger partial charge in [-0.05, 0) is 23.1 Å². The van der Waals surface area contributed by atoms with E-state index in [1.807, 2.05) is 12.1 Å². The lowest BCUT2D eigenvalue weighted by atomic mass is 10.0. The Kier molecular flexibility index (Phi) is 4.81. The quantitative estimate of drug-likeness (QED) is 0.910. The number of nitrogens with zero attached hydrogens (tertiary/aromatic N) is 1. The van der Waals surface area contributed by atoms with E-state index in [-0.39, 0.29) is 16.7 Å². The Balaban J connectivity index is 2.02. The van der Waals surface area contributed by atoms with Crippen molar-refractivity contribution < 1.29 is 4.79 Å². The molecular formula is C16H18ClN3O. The van der Waals surface area contributed by atoms with Crippen LogP contribution in [-0.4, -0.2) is 10.9 Å². The fraction of sp³-hybridized carbons (Fsp3) is 0.250. The number of benzene rings is 1. The van der Waals surface area contributed by atoms with E-state index in [1.54, 1.807) is 0 Å². The van der Waals surface area contributed by atoms with Gasteiger partial charge < -0.3 is 11.1 Å². The molecule has 0 saturated carbocycles. The number of pyridine rings is 1. The Bertz CT molecular complexity index is 638. The number of hydrogen-bond acceptors (Lipinski definition) is 3. The first-order valence-corrected chi connectivity index (χ1v) is 7.13. The van der Waals surface area contributed by atoms with Crippen LogP contribution in [0.25, 0.3) is 0 Å². The van der Waals surface area contributed by atoms with Crippen LogP contribution in [0, 0.1) is 0 Å². The van der Waals surface area contributed by atoms with Crippen molar-refractivity contribution in [1.82, 2.24) is 10.3 Å². The van der Waals surface area contributed by atoms with Gasteiger partial charge in [0.1, 0.15) is 5.82 Å². The molecular weight excluding hydrogens is 286 g/mol. The predicted octanol–water partition coefficient (Wildman–Crippen LogP) is 3.37. The van der Waals surface area contributed by atoms with Gasteiger partial charge in [-0.1, -0.05) is 49.7 Å². The third-order valence-corrected chi connectivity index (χ3v) is 3.52. The van der Waals surface area contributed by atoms with E-state index in [9.17, 15) is 4.79 Å². The smallest absolute Gasteiger partial charge is 0.253 e. The van der Waals surface area contributed by atoms with E-state index in [4.69, 9.17) is 17.3 Å². The minimum absolute atomic E-state index is 0.262. The molecule has 2 rings (SSSR count). The van der Waals surface area contributed by atoms with E-state index in [2.05, 4.69) is 36.3 Å². The van der Waals surface area contributed by atoms with Crippen molar-refractivity contribution in [3.8, 4) is 0 Å². The average Bonchev–Trinajstić information content (AvgIpc) is 2.47. The number of anilines is 1. The van der Waals surface area contributed by atoms with Gasteiger partial charge in [-0.15, -0.1) is 0 Å². The lowest BCUT2D eigenvalue weighted by Crippen LogP contribution is -2.23. The topological polar surface area (TPSA) is 68.0 Å². The summed E-state index contributed by atoms with van der Waals surface area (Å²) in [5.41, 5.74) is 8.21. The van der Waals surface area contributed by atoms with Crippen LogP contribution < -0.4 is 11.1 Å². The van der Waals surface area contributed by atoms with E-state index in [0.717, 1.165) is 5.56 Å². The normalized spacial score (nSPS) is 10.7. The first kappa shape index (κ1) is 15.3. The number of halogens is 1. The summed E-state index contributed by atoms with van der Waals surface area (Å²) < 4.78 is 0. The van der Waals surface area contributed by atoms with Crippen LogP contribution in [0.5, 0.6) is 0 Å². The van der Waals surface area contributed by atoms with E-state index >= 15 is 0 Å². The van der Waals surface area contributed by atoms with Crippen molar-refractivity contribution in [2.24, 2.45) is 0 Å². The zero-order chi connectivity index (χ0) is 15.4. The first-order chi connectivity index (χ1) is 9.97. The van der Waals surface area contributed by atoms with Crippen LogP contribution >= 0.6 is 11.6 Å². The summed E-state index contributed by atoms with van der Waals surface area (Å²) >= 11 is 5.95. The molecule has 110 valence electrons. The maximum absolute atomic E-state index is 12.1. The second-order valence-electron chi connectivity index (χ2n) is 5.17. The minimum Gasteiger partial charge on any atom is -0.384 e. The summed E-state index contributed by atoms with van der Waals surface area (Å²) in [5.74, 6) is 0.500. The van der Waals surface area contributed by atoms with Crippen LogP contribution in [0.15, 0.2) is 36.5 Å². The molecule has 5 heteroatoms. The predicted molar refractivity (Wildman–Crippen MR) is 85.4 cm³/mol.